The summed E-state index contributed by atoms with van der Waals surface area (Å²) in [6.45, 7) is 0. The number of aromatic nitrogens is 2. The summed E-state index contributed by atoms with van der Waals surface area (Å²) in [4.78, 5) is 15.5. The number of carbonyl (C=O) groups excluding carboxylic acids is 1. The number of hydrogen-bond acceptors (Lipinski definition) is 4. The smallest absolute Gasteiger partial charge is 0.269 e. The predicted molar refractivity (Wildman–Crippen MR) is 96.7 cm³/mol. The summed E-state index contributed by atoms with van der Waals surface area (Å²) < 4.78 is 27.6. The highest BCUT2D eigenvalue weighted by molar-refractivity contribution is 7.90. The molecule has 0 aliphatic heterocycles. The Kier molecular flexibility index (Phi) is 3.59. The first-order chi connectivity index (χ1) is 12.0. The molecule has 0 N–H and O–H groups in total. The van der Waals surface area contributed by atoms with Gasteiger partial charge in [0.15, 0.2) is 5.65 Å². The van der Waals surface area contributed by atoms with Crippen LogP contribution in [0, 0.1) is 0 Å². The molecule has 124 valence electrons. The van der Waals surface area contributed by atoms with Crippen molar-refractivity contribution in [1.29, 1.82) is 0 Å². The van der Waals surface area contributed by atoms with Crippen LogP contribution in [0.4, 0.5) is 0 Å². The molecule has 0 radical (unpaired) electrons. The molecule has 2 aromatic carbocycles. The maximum Gasteiger partial charge on any atom is 0.269 e. The van der Waals surface area contributed by atoms with Gasteiger partial charge in [0.2, 0.25) is 0 Å². The monoisotopic (exact) mass is 370 g/mol. The summed E-state index contributed by atoms with van der Waals surface area (Å²) in [6.07, 6.45) is 2.12. The Labute approximate surface area is 148 Å². The molecule has 0 saturated carbocycles. The van der Waals surface area contributed by atoms with Crippen LogP contribution in [0.5, 0.6) is 0 Å². The standard InChI is InChI=1S/C18H11ClN2O3S/c19-13-9-16-15-8-12(11-22)6-7-17(15)21(18(16)20-10-13)25(23,24)14-4-2-1-3-5-14/h1-11H. The molecule has 0 aliphatic rings. The molecular weight excluding hydrogens is 360 g/mol. The maximum absolute atomic E-state index is 13.2. The first-order valence-corrected chi connectivity index (χ1v) is 9.20. The average Bonchev–Trinajstić information content (AvgIpc) is 2.96. The molecule has 25 heavy (non-hydrogen) atoms. The van der Waals surface area contributed by atoms with Gasteiger partial charge < -0.3 is 0 Å². The van der Waals surface area contributed by atoms with Gasteiger partial charge in [0, 0.05) is 22.5 Å². The minimum absolute atomic E-state index is 0.157. The Hall–Kier alpha value is -2.70. The van der Waals surface area contributed by atoms with Gasteiger partial charge in [0.25, 0.3) is 10.0 Å². The number of halogens is 1. The van der Waals surface area contributed by atoms with E-state index in [1.165, 1.54) is 22.3 Å². The van der Waals surface area contributed by atoms with Crippen molar-refractivity contribution in [1.82, 2.24) is 8.96 Å². The summed E-state index contributed by atoms with van der Waals surface area (Å²) >= 11 is 6.04. The molecule has 0 bridgehead atoms. The van der Waals surface area contributed by atoms with Crippen LogP contribution in [0.1, 0.15) is 10.4 Å². The van der Waals surface area contributed by atoms with Crippen LogP contribution in [0.2, 0.25) is 5.02 Å². The number of hydrogen-bond donors (Lipinski definition) is 0. The van der Waals surface area contributed by atoms with Crippen LogP contribution >= 0.6 is 11.6 Å². The number of fused-ring (bicyclic) bond motifs is 3. The number of nitrogens with zero attached hydrogens (tertiary/aromatic N) is 2. The van der Waals surface area contributed by atoms with Crippen LogP contribution in [0.3, 0.4) is 0 Å². The molecule has 2 heterocycles. The van der Waals surface area contributed by atoms with Crippen molar-refractivity contribution < 1.29 is 13.2 Å². The third kappa shape index (κ3) is 2.42. The summed E-state index contributed by atoms with van der Waals surface area (Å²) in [7, 11) is -3.86. The van der Waals surface area contributed by atoms with E-state index in [1.54, 1.807) is 42.5 Å². The van der Waals surface area contributed by atoms with E-state index in [4.69, 9.17) is 11.6 Å². The largest absolute Gasteiger partial charge is 0.298 e. The summed E-state index contributed by atoms with van der Waals surface area (Å²) in [5, 5.41) is 1.57. The zero-order valence-electron chi connectivity index (χ0n) is 12.8. The topological polar surface area (TPSA) is 69.0 Å². The SMILES string of the molecule is O=Cc1ccc2c(c1)c1cc(Cl)cnc1n2S(=O)(=O)c1ccccc1. The van der Waals surface area contributed by atoms with E-state index >= 15 is 0 Å². The van der Waals surface area contributed by atoms with E-state index in [9.17, 15) is 13.2 Å². The highest BCUT2D eigenvalue weighted by Crippen LogP contribution is 2.33. The second-order valence-corrected chi connectivity index (χ2v) is 7.72. The molecule has 5 nitrogen and oxygen atoms in total. The molecule has 0 aliphatic carbocycles. The second kappa shape index (κ2) is 5.68. The third-order valence-corrected chi connectivity index (χ3v) is 5.90. The van der Waals surface area contributed by atoms with E-state index in [2.05, 4.69) is 4.98 Å². The molecule has 0 spiro atoms. The number of rotatable bonds is 3. The van der Waals surface area contributed by atoms with Crippen LogP contribution in [-0.2, 0) is 10.0 Å². The third-order valence-electron chi connectivity index (χ3n) is 3.97. The molecule has 4 aromatic rings. The van der Waals surface area contributed by atoms with E-state index in [1.807, 2.05) is 0 Å². The molecule has 4 rings (SSSR count). The quantitative estimate of drug-likeness (QED) is 0.513. The normalized spacial score (nSPS) is 11.9. The Morgan fingerprint density at radius 2 is 1.76 bits per heavy atom. The first kappa shape index (κ1) is 15.8. The lowest BCUT2D eigenvalue weighted by Crippen LogP contribution is -2.13. The van der Waals surface area contributed by atoms with Gasteiger partial charge in [-0.25, -0.2) is 17.4 Å². The molecule has 0 atom stereocenters. The van der Waals surface area contributed by atoms with Gasteiger partial charge in [-0.3, -0.25) is 4.79 Å². The lowest BCUT2D eigenvalue weighted by Gasteiger charge is -2.08. The van der Waals surface area contributed by atoms with E-state index in [0.717, 1.165) is 0 Å². The molecule has 2 aromatic heterocycles. The maximum atomic E-state index is 13.2. The molecule has 0 unspecified atom stereocenters. The number of aldehydes is 1. The Morgan fingerprint density at radius 1 is 1.00 bits per heavy atom. The van der Waals surface area contributed by atoms with Crippen LogP contribution in [-0.4, -0.2) is 23.7 Å². The second-order valence-electron chi connectivity index (χ2n) is 5.50. The minimum Gasteiger partial charge on any atom is -0.298 e. The molecule has 0 amide bonds. The van der Waals surface area contributed by atoms with E-state index in [-0.39, 0.29) is 10.5 Å². The zero-order valence-corrected chi connectivity index (χ0v) is 14.3. The molecule has 0 saturated heterocycles. The predicted octanol–water partition coefficient (Wildman–Crippen LogP) is 3.89. The van der Waals surface area contributed by atoms with Crippen molar-refractivity contribution in [2.45, 2.75) is 4.90 Å². The van der Waals surface area contributed by atoms with Crippen molar-refractivity contribution in [2.24, 2.45) is 0 Å². The van der Waals surface area contributed by atoms with Crippen molar-refractivity contribution in [2.75, 3.05) is 0 Å². The van der Waals surface area contributed by atoms with Gasteiger partial charge in [0.1, 0.15) is 6.29 Å². The summed E-state index contributed by atoms with van der Waals surface area (Å²) in [6, 6.07) is 14.6. The number of benzene rings is 2. The Bertz CT molecular complexity index is 1230. The van der Waals surface area contributed by atoms with Gasteiger partial charge in [-0.15, -0.1) is 0 Å². The van der Waals surface area contributed by atoms with Gasteiger partial charge in [-0.2, -0.15) is 0 Å². The molecule has 0 fully saturated rings. The molecular formula is C18H11ClN2O3S. The lowest BCUT2D eigenvalue weighted by atomic mass is 10.1. The summed E-state index contributed by atoms with van der Waals surface area (Å²) in [5.41, 5.74) is 1.16. The zero-order chi connectivity index (χ0) is 17.6. The number of carbonyl (C=O) groups is 1. The highest BCUT2D eigenvalue weighted by atomic mass is 35.5. The van der Waals surface area contributed by atoms with Gasteiger partial charge in [-0.1, -0.05) is 29.8 Å². The van der Waals surface area contributed by atoms with Crippen LogP contribution in [0.15, 0.2) is 65.7 Å². The van der Waals surface area contributed by atoms with Crippen molar-refractivity contribution in [3.8, 4) is 0 Å². The summed E-state index contributed by atoms with van der Waals surface area (Å²) in [5.74, 6) is 0. The first-order valence-electron chi connectivity index (χ1n) is 7.38. The van der Waals surface area contributed by atoms with E-state index < -0.39 is 10.0 Å². The van der Waals surface area contributed by atoms with Crippen LogP contribution in [0.25, 0.3) is 21.9 Å². The van der Waals surface area contributed by atoms with Crippen molar-refractivity contribution >= 4 is 49.8 Å². The highest BCUT2D eigenvalue weighted by Gasteiger charge is 2.24. The van der Waals surface area contributed by atoms with Gasteiger partial charge in [-0.05, 0) is 36.4 Å². The Morgan fingerprint density at radius 3 is 2.48 bits per heavy atom. The van der Waals surface area contributed by atoms with Gasteiger partial charge in [0.05, 0.1) is 15.4 Å². The van der Waals surface area contributed by atoms with Gasteiger partial charge >= 0.3 is 0 Å². The van der Waals surface area contributed by atoms with E-state index in [0.29, 0.717) is 33.2 Å². The van der Waals surface area contributed by atoms with Crippen molar-refractivity contribution in [3.05, 3.63) is 71.4 Å². The minimum atomic E-state index is -3.86. The fraction of sp³-hybridized carbons (Fsp3) is 0. The van der Waals surface area contributed by atoms with Crippen molar-refractivity contribution in [3.63, 3.8) is 0 Å². The fourth-order valence-corrected chi connectivity index (χ4v) is 4.53. The number of pyridine rings is 1. The van der Waals surface area contributed by atoms with Crippen LogP contribution < -0.4 is 0 Å². The average molecular weight is 371 g/mol. The fourth-order valence-electron chi connectivity index (χ4n) is 2.87. The lowest BCUT2D eigenvalue weighted by molar-refractivity contribution is 0.112. The molecule has 7 heteroatoms. The Balaban J connectivity index is 2.18.